The molecule has 0 spiro atoms. The average molecular weight is 314 g/mol. The number of nitrogens with one attached hydrogen (secondary N) is 2. The second-order valence-corrected chi connectivity index (χ2v) is 5.33. The SMILES string of the molecule is O=C(O)c1cc([N+](=O)[O-])cc(Cl)c1NCCCNC1CC1. The third-order valence-electron chi connectivity index (χ3n) is 3.18. The number of carboxylic acids is 1. The van der Waals surface area contributed by atoms with Crippen LogP contribution in [0.25, 0.3) is 0 Å². The number of nitro groups is 1. The van der Waals surface area contributed by atoms with Crippen LogP contribution in [0.4, 0.5) is 11.4 Å². The monoisotopic (exact) mass is 313 g/mol. The molecule has 0 saturated heterocycles. The highest BCUT2D eigenvalue weighted by Crippen LogP contribution is 2.31. The Balaban J connectivity index is 2.02. The van der Waals surface area contributed by atoms with Crippen molar-refractivity contribution in [3.8, 4) is 0 Å². The van der Waals surface area contributed by atoms with E-state index in [1.807, 2.05) is 0 Å². The van der Waals surface area contributed by atoms with Crippen molar-refractivity contribution in [3.05, 3.63) is 32.8 Å². The third kappa shape index (κ3) is 4.30. The van der Waals surface area contributed by atoms with Gasteiger partial charge in [0, 0.05) is 24.7 Å². The molecular weight excluding hydrogens is 298 g/mol. The summed E-state index contributed by atoms with van der Waals surface area (Å²) < 4.78 is 0. The number of rotatable bonds is 8. The number of carboxylic acid groups (broad SMARTS) is 1. The molecule has 1 fully saturated rings. The minimum absolute atomic E-state index is 0.0387. The first-order valence-corrected chi connectivity index (χ1v) is 7.05. The number of hydrogen-bond donors (Lipinski definition) is 3. The number of nitro benzene ring substituents is 1. The van der Waals surface area contributed by atoms with E-state index in [9.17, 15) is 14.9 Å². The first kappa shape index (κ1) is 15.5. The molecule has 0 atom stereocenters. The van der Waals surface area contributed by atoms with E-state index in [1.165, 1.54) is 12.8 Å². The fourth-order valence-corrected chi connectivity index (χ4v) is 2.22. The number of nitrogens with zero attached hydrogens (tertiary/aromatic N) is 1. The Labute approximate surface area is 126 Å². The van der Waals surface area contributed by atoms with Gasteiger partial charge in [-0.3, -0.25) is 10.1 Å². The van der Waals surface area contributed by atoms with Gasteiger partial charge in [-0.1, -0.05) is 11.6 Å². The lowest BCUT2D eigenvalue weighted by Crippen LogP contribution is -2.20. The van der Waals surface area contributed by atoms with Crippen molar-refractivity contribution in [2.45, 2.75) is 25.3 Å². The lowest BCUT2D eigenvalue weighted by Gasteiger charge is -2.11. The first-order chi connectivity index (χ1) is 9.99. The molecule has 0 heterocycles. The zero-order chi connectivity index (χ0) is 15.4. The van der Waals surface area contributed by atoms with Gasteiger partial charge in [-0.25, -0.2) is 4.79 Å². The molecule has 1 aliphatic rings. The second kappa shape index (κ2) is 6.73. The van der Waals surface area contributed by atoms with Gasteiger partial charge in [0.25, 0.3) is 5.69 Å². The van der Waals surface area contributed by atoms with E-state index >= 15 is 0 Å². The molecule has 1 aliphatic carbocycles. The summed E-state index contributed by atoms with van der Waals surface area (Å²) in [7, 11) is 0. The van der Waals surface area contributed by atoms with Crippen LogP contribution >= 0.6 is 11.6 Å². The molecule has 0 radical (unpaired) electrons. The van der Waals surface area contributed by atoms with Crippen molar-refractivity contribution in [1.29, 1.82) is 0 Å². The van der Waals surface area contributed by atoms with Gasteiger partial charge >= 0.3 is 5.97 Å². The number of non-ortho nitro benzene ring substituents is 1. The van der Waals surface area contributed by atoms with E-state index < -0.39 is 10.9 Å². The predicted molar refractivity (Wildman–Crippen MR) is 79.2 cm³/mol. The van der Waals surface area contributed by atoms with Gasteiger partial charge in [0.1, 0.15) is 0 Å². The smallest absolute Gasteiger partial charge is 0.338 e. The van der Waals surface area contributed by atoms with Crippen LogP contribution in [0.1, 0.15) is 29.6 Å². The minimum atomic E-state index is -1.25. The van der Waals surface area contributed by atoms with E-state index in [2.05, 4.69) is 10.6 Å². The molecule has 0 unspecified atom stereocenters. The number of aromatic carboxylic acids is 1. The molecule has 3 N–H and O–H groups in total. The van der Waals surface area contributed by atoms with Crippen molar-refractivity contribution >= 4 is 28.9 Å². The van der Waals surface area contributed by atoms with Gasteiger partial charge in [0.2, 0.25) is 0 Å². The molecule has 7 nitrogen and oxygen atoms in total. The Morgan fingerprint density at radius 1 is 1.43 bits per heavy atom. The van der Waals surface area contributed by atoms with Gasteiger partial charge in [-0.2, -0.15) is 0 Å². The number of anilines is 1. The summed E-state index contributed by atoms with van der Waals surface area (Å²) in [5, 5.41) is 26.2. The van der Waals surface area contributed by atoms with Gasteiger partial charge < -0.3 is 15.7 Å². The summed E-state index contributed by atoms with van der Waals surface area (Å²) in [4.78, 5) is 21.3. The predicted octanol–water partition coefficient (Wildman–Crippen LogP) is 2.50. The van der Waals surface area contributed by atoms with E-state index in [0.717, 1.165) is 25.1 Å². The standard InChI is InChI=1S/C13H16ClN3O4/c14-11-7-9(17(20)21)6-10(13(18)19)12(11)16-5-1-4-15-8-2-3-8/h6-8,15-16H,1-5H2,(H,18,19). The maximum atomic E-state index is 11.2. The molecule has 0 aromatic heterocycles. The summed E-state index contributed by atoms with van der Waals surface area (Å²) in [6.07, 6.45) is 3.23. The van der Waals surface area contributed by atoms with E-state index in [4.69, 9.17) is 16.7 Å². The molecule has 0 bridgehead atoms. The maximum Gasteiger partial charge on any atom is 0.338 e. The molecule has 0 aliphatic heterocycles. The highest BCUT2D eigenvalue weighted by atomic mass is 35.5. The Bertz CT molecular complexity index is 561. The zero-order valence-electron chi connectivity index (χ0n) is 11.3. The van der Waals surface area contributed by atoms with Crippen LogP contribution in [0.3, 0.4) is 0 Å². The molecule has 1 aromatic carbocycles. The van der Waals surface area contributed by atoms with Gasteiger partial charge in [0.05, 0.1) is 21.2 Å². The Kier molecular flexibility index (Phi) is 4.98. The summed E-state index contributed by atoms with van der Waals surface area (Å²) in [5.74, 6) is -1.25. The number of benzene rings is 1. The molecule has 21 heavy (non-hydrogen) atoms. The fraction of sp³-hybridized carbons (Fsp3) is 0.462. The van der Waals surface area contributed by atoms with Crippen molar-refractivity contribution < 1.29 is 14.8 Å². The highest BCUT2D eigenvalue weighted by molar-refractivity contribution is 6.34. The Morgan fingerprint density at radius 3 is 2.71 bits per heavy atom. The van der Waals surface area contributed by atoms with Crippen molar-refractivity contribution in [2.24, 2.45) is 0 Å². The maximum absolute atomic E-state index is 11.2. The van der Waals surface area contributed by atoms with Crippen LogP contribution < -0.4 is 10.6 Å². The van der Waals surface area contributed by atoms with Crippen LogP contribution in [0.15, 0.2) is 12.1 Å². The average Bonchev–Trinajstić information content (AvgIpc) is 3.23. The van der Waals surface area contributed by atoms with Crippen LogP contribution in [0, 0.1) is 10.1 Å². The highest BCUT2D eigenvalue weighted by Gasteiger charge is 2.21. The number of halogens is 1. The summed E-state index contributed by atoms with van der Waals surface area (Å²) in [6.45, 7) is 1.38. The van der Waals surface area contributed by atoms with E-state index in [0.29, 0.717) is 12.6 Å². The van der Waals surface area contributed by atoms with Crippen LogP contribution in [0.5, 0.6) is 0 Å². The molecule has 8 heteroatoms. The largest absolute Gasteiger partial charge is 0.478 e. The molecular formula is C13H16ClN3O4. The Hall–Kier alpha value is -1.86. The van der Waals surface area contributed by atoms with Crippen molar-refractivity contribution in [2.75, 3.05) is 18.4 Å². The summed E-state index contributed by atoms with van der Waals surface area (Å²) in [5.41, 5.74) is -0.302. The molecule has 114 valence electrons. The second-order valence-electron chi connectivity index (χ2n) is 4.92. The summed E-state index contributed by atoms with van der Waals surface area (Å²) in [6, 6.07) is 2.79. The van der Waals surface area contributed by atoms with Crippen molar-refractivity contribution in [1.82, 2.24) is 5.32 Å². The van der Waals surface area contributed by atoms with Gasteiger partial charge in [-0.15, -0.1) is 0 Å². The van der Waals surface area contributed by atoms with Crippen LogP contribution in [0.2, 0.25) is 5.02 Å². The van der Waals surface area contributed by atoms with Crippen molar-refractivity contribution in [3.63, 3.8) is 0 Å². The quantitative estimate of drug-likeness (QED) is 0.387. The Morgan fingerprint density at radius 2 is 2.14 bits per heavy atom. The molecule has 2 rings (SSSR count). The normalized spacial score (nSPS) is 14.0. The lowest BCUT2D eigenvalue weighted by molar-refractivity contribution is -0.384. The number of carbonyl (C=O) groups is 1. The van der Waals surface area contributed by atoms with Gasteiger partial charge in [-0.05, 0) is 25.8 Å². The topological polar surface area (TPSA) is 104 Å². The van der Waals surface area contributed by atoms with Crippen LogP contribution in [-0.4, -0.2) is 35.1 Å². The third-order valence-corrected chi connectivity index (χ3v) is 3.48. The zero-order valence-corrected chi connectivity index (χ0v) is 12.0. The van der Waals surface area contributed by atoms with E-state index in [-0.39, 0.29) is 22.0 Å². The molecule has 0 amide bonds. The fourth-order valence-electron chi connectivity index (χ4n) is 1.94. The van der Waals surface area contributed by atoms with E-state index in [1.54, 1.807) is 0 Å². The van der Waals surface area contributed by atoms with Gasteiger partial charge in [0.15, 0.2) is 0 Å². The lowest BCUT2D eigenvalue weighted by atomic mass is 10.1. The molecule has 1 aromatic rings. The number of hydrogen-bond acceptors (Lipinski definition) is 5. The molecule has 1 saturated carbocycles. The summed E-state index contributed by atoms with van der Waals surface area (Å²) >= 11 is 5.95. The van der Waals surface area contributed by atoms with Crippen LogP contribution in [-0.2, 0) is 0 Å². The first-order valence-electron chi connectivity index (χ1n) is 6.67. The minimum Gasteiger partial charge on any atom is -0.478 e.